The summed E-state index contributed by atoms with van der Waals surface area (Å²) in [5.74, 6) is -1.01. The van der Waals surface area contributed by atoms with Crippen LogP contribution in [0.4, 0.5) is 8.78 Å². The zero-order valence-corrected chi connectivity index (χ0v) is 12.0. The van der Waals surface area contributed by atoms with Crippen molar-refractivity contribution in [2.24, 2.45) is 0 Å². The minimum atomic E-state index is -0.876. The van der Waals surface area contributed by atoms with Crippen molar-refractivity contribution in [3.63, 3.8) is 0 Å². The Morgan fingerprint density at radius 2 is 1.86 bits per heavy atom. The average Bonchev–Trinajstić information content (AvgIpc) is 2.99. The minimum Gasteiger partial charge on any atom is -0.496 e. The molecule has 0 spiro atoms. The molecule has 3 rings (SSSR count). The fraction of sp³-hybridized carbons (Fsp3) is 0.0625. The van der Waals surface area contributed by atoms with E-state index in [1.54, 1.807) is 7.11 Å². The van der Waals surface area contributed by atoms with Crippen LogP contribution in [-0.4, -0.2) is 12.1 Å². The minimum absolute atomic E-state index is 0.547. The summed E-state index contributed by atoms with van der Waals surface area (Å²) >= 11 is 1.43. The van der Waals surface area contributed by atoms with Crippen LogP contribution in [0.2, 0.25) is 0 Å². The molecule has 0 aliphatic heterocycles. The number of hydrogen-bond donors (Lipinski definition) is 0. The number of nitrogens with zero attached hydrogens (tertiary/aromatic N) is 1. The van der Waals surface area contributed by atoms with Crippen LogP contribution in [0.3, 0.4) is 0 Å². The van der Waals surface area contributed by atoms with Crippen molar-refractivity contribution in [3.05, 3.63) is 59.5 Å². The standard InChI is InChI=1S/C16H11F2NOS/c1-20-15-5-3-2-4-11(15)16-19-14(9-21-16)10-6-7-12(17)13(18)8-10/h2-9H,1H3. The molecule has 0 unspecified atom stereocenters. The Morgan fingerprint density at radius 1 is 1.05 bits per heavy atom. The fourth-order valence-corrected chi connectivity index (χ4v) is 2.87. The number of ether oxygens (including phenoxy) is 1. The molecule has 21 heavy (non-hydrogen) atoms. The average molecular weight is 303 g/mol. The van der Waals surface area contributed by atoms with Crippen LogP contribution in [0.15, 0.2) is 47.8 Å². The normalized spacial score (nSPS) is 10.6. The van der Waals surface area contributed by atoms with Crippen LogP contribution in [-0.2, 0) is 0 Å². The van der Waals surface area contributed by atoms with E-state index in [2.05, 4.69) is 4.98 Å². The van der Waals surface area contributed by atoms with E-state index < -0.39 is 11.6 Å². The van der Waals surface area contributed by atoms with Gasteiger partial charge in [-0.2, -0.15) is 0 Å². The monoisotopic (exact) mass is 303 g/mol. The topological polar surface area (TPSA) is 22.1 Å². The van der Waals surface area contributed by atoms with E-state index >= 15 is 0 Å². The molecule has 0 N–H and O–H groups in total. The Labute approximate surface area is 124 Å². The maximum Gasteiger partial charge on any atom is 0.159 e. The van der Waals surface area contributed by atoms with Crippen molar-refractivity contribution in [2.45, 2.75) is 0 Å². The third-order valence-electron chi connectivity index (χ3n) is 3.06. The summed E-state index contributed by atoms with van der Waals surface area (Å²) in [6, 6.07) is 11.3. The summed E-state index contributed by atoms with van der Waals surface area (Å²) in [7, 11) is 1.60. The van der Waals surface area contributed by atoms with Gasteiger partial charge in [0.2, 0.25) is 0 Å². The van der Waals surface area contributed by atoms with Crippen molar-refractivity contribution < 1.29 is 13.5 Å². The molecule has 0 radical (unpaired) electrons. The van der Waals surface area contributed by atoms with Crippen molar-refractivity contribution in [1.82, 2.24) is 4.98 Å². The van der Waals surface area contributed by atoms with Crippen LogP contribution < -0.4 is 4.74 Å². The van der Waals surface area contributed by atoms with Crippen molar-refractivity contribution >= 4 is 11.3 Å². The van der Waals surface area contributed by atoms with E-state index in [0.29, 0.717) is 11.3 Å². The molecule has 2 aromatic carbocycles. The smallest absolute Gasteiger partial charge is 0.159 e. The van der Waals surface area contributed by atoms with E-state index in [0.717, 1.165) is 28.5 Å². The Morgan fingerprint density at radius 3 is 2.62 bits per heavy atom. The van der Waals surface area contributed by atoms with Gasteiger partial charge in [0, 0.05) is 10.9 Å². The predicted molar refractivity (Wildman–Crippen MR) is 79.5 cm³/mol. The van der Waals surface area contributed by atoms with Crippen LogP contribution in [0.25, 0.3) is 21.8 Å². The van der Waals surface area contributed by atoms with Gasteiger partial charge in [0.25, 0.3) is 0 Å². The first kappa shape index (κ1) is 13.7. The van der Waals surface area contributed by atoms with E-state index in [-0.39, 0.29) is 0 Å². The third-order valence-corrected chi connectivity index (χ3v) is 3.93. The van der Waals surface area contributed by atoms with Crippen LogP contribution in [0, 0.1) is 11.6 Å². The summed E-state index contributed by atoms with van der Waals surface area (Å²) in [6.07, 6.45) is 0. The van der Waals surface area contributed by atoms with Gasteiger partial charge in [-0.25, -0.2) is 13.8 Å². The number of aromatic nitrogens is 1. The van der Waals surface area contributed by atoms with Gasteiger partial charge in [0.05, 0.1) is 18.4 Å². The second-order valence-electron chi connectivity index (χ2n) is 4.37. The largest absolute Gasteiger partial charge is 0.496 e. The number of rotatable bonds is 3. The van der Waals surface area contributed by atoms with Crippen molar-refractivity contribution in [2.75, 3.05) is 7.11 Å². The summed E-state index contributed by atoms with van der Waals surface area (Å²) < 4.78 is 31.6. The highest BCUT2D eigenvalue weighted by Crippen LogP contribution is 2.34. The Bertz CT molecular complexity index is 785. The van der Waals surface area contributed by atoms with Gasteiger partial charge in [0.15, 0.2) is 11.6 Å². The lowest BCUT2D eigenvalue weighted by Gasteiger charge is -2.04. The van der Waals surface area contributed by atoms with Gasteiger partial charge in [-0.05, 0) is 30.3 Å². The number of benzene rings is 2. The SMILES string of the molecule is COc1ccccc1-c1nc(-c2ccc(F)c(F)c2)cs1. The number of thiazole rings is 1. The van der Waals surface area contributed by atoms with Gasteiger partial charge in [-0.3, -0.25) is 0 Å². The number of methoxy groups -OCH3 is 1. The highest BCUT2D eigenvalue weighted by Gasteiger charge is 2.12. The summed E-state index contributed by atoms with van der Waals surface area (Å²) in [5.41, 5.74) is 2.03. The van der Waals surface area contributed by atoms with Gasteiger partial charge in [-0.1, -0.05) is 12.1 Å². The first-order valence-corrected chi connectivity index (χ1v) is 7.11. The highest BCUT2D eigenvalue weighted by atomic mass is 32.1. The molecular formula is C16H11F2NOS. The first-order chi connectivity index (χ1) is 10.2. The molecule has 3 aromatic rings. The second-order valence-corrected chi connectivity index (χ2v) is 5.23. The summed E-state index contributed by atoms with van der Waals surface area (Å²) in [6.45, 7) is 0. The zero-order chi connectivity index (χ0) is 14.8. The zero-order valence-electron chi connectivity index (χ0n) is 11.1. The summed E-state index contributed by atoms with van der Waals surface area (Å²) in [5, 5.41) is 2.58. The Kier molecular flexibility index (Phi) is 3.66. The molecule has 0 atom stereocenters. The van der Waals surface area contributed by atoms with Gasteiger partial charge >= 0.3 is 0 Å². The lowest BCUT2D eigenvalue weighted by atomic mass is 10.1. The number of halogens is 2. The number of hydrogen-bond acceptors (Lipinski definition) is 3. The number of para-hydroxylation sites is 1. The molecule has 5 heteroatoms. The van der Waals surface area contributed by atoms with Crippen LogP contribution in [0.5, 0.6) is 5.75 Å². The van der Waals surface area contributed by atoms with Gasteiger partial charge < -0.3 is 4.74 Å². The van der Waals surface area contributed by atoms with Gasteiger partial charge in [-0.15, -0.1) is 11.3 Å². The fourth-order valence-electron chi connectivity index (χ4n) is 2.01. The molecule has 2 nitrogen and oxygen atoms in total. The van der Waals surface area contributed by atoms with Crippen LogP contribution >= 0.6 is 11.3 Å². The first-order valence-electron chi connectivity index (χ1n) is 6.23. The maximum absolute atomic E-state index is 13.3. The highest BCUT2D eigenvalue weighted by molar-refractivity contribution is 7.13. The Balaban J connectivity index is 2.01. The second kappa shape index (κ2) is 5.61. The van der Waals surface area contributed by atoms with E-state index in [1.165, 1.54) is 17.4 Å². The molecule has 0 saturated heterocycles. The molecule has 1 heterocycles. The van der Waals surface area contributed by atoms with Crippen molar-refractivity contribution in [3.8, 4) is 27.6 Å². The molecule has 0 bridgehead atoms. The van der Waals surface area contributed by atoms with Crippen molar-refractivity contribution in [1.29, 1.82) is 0 Å². The summed E-state index contributed by atoms with van der Waals surface area (Å²) in [4.78, 5) is 4.48. The lowest BCUT2D eigenvalue weighted by molar-refractivity contribution is 0.416. The molecule has 106 valence electrons. The molecule has 0 aliphatic rings. The van der Waals surface area contributed by atoms with Gasteiger partial charge in [0.1, 0.15) is 10.8 Å². The Hall–Kier alpha value is -2.27. The van der Waals surface area contributed by atoms with E-state index in [9.17, 15) is 8.78 Å². The maximum atomic E-state index is 13.3. The predicted octanol–water partition coefficient (Wildman–Crippen LogP) is 4.76. The molecule has 0 saturated carbocycles. The molecular weight excluding hydrogens is 292 g/mol. The molecule has 1 aromatic heterocycles. The van der Waals surface area contributed by atoms with E-state index in [4.69, 9.17) is 4.74 Å². The van der Waals surface area contributed by atoms with E-state index in [1.807, 2.05) is 29.6 Å². The third kappa shape index (κ3) is 2.64. The molecule has 0 amide bonds. The molecule has 0 aliphatic carbocycles. The quantitative estimate of drug-likeness (QED) is 0.695. The van der Waals surface area contributed by atoms with Crippen LogP contribution in [0.1, 0.15) is 0 Å². The molecule has 0 fully saturated rings. The lowest BCUT2D eigenvalue weighted by Crippen LogP contribution is -1.88.